The van der Waals surface area contributed by atoms with Gasteiger partial charge in [-0.1, -0.05) is 20.8 Å². The van der Waals surface area contributed by atoms with E-state index < -0.39 is 11.9 Å². The number of aryl methyl sites for hydroxylation is 1. The van der Waals surface area contributed by atoms with Crippen molar-refractivity contribution in [3.05, 3.63) is 40.2 Å². The van der Waals surface area contributed by atoms with Crippen LogP contribution in [0.25, 0.3) is 0 Å². The summed E-state index contributed by atoms with van der Waals surface area (Å²) in [5.41, 5.74) is 7.05. The van der Waals surface area contributed by atoms with Gasteiger partial charge in [0.15, 0.2) is 11.5 Å². The van der Waals surface area contributed by atoms with Gasteiger partial charge in [0.1, 0.15) is 17.4 Å². The Hall–Kier alpha value is -3.08. The summed E-state index contributed by atoms with van der Waals surface area (Å²) in [6.45, 7) is 6.47. The van der Waals surface area contributed by atoms with Crippen molar-refractivity contribution in [3.8, 4) is 6.07 Å². The third kappa shape index (κ3) is 3.28. The van der Waals surface area contributed by atoms with E-state index in [1.807, 2.05) is 20.8 Å². The number of nitrogens with two attached hydrogens (primary N) is 1. The molecule has 0 amide bonds. The lowest BCUT2D eigenvalue weighted by Gasteiger charge is -2.37. The van der Waals surface area contributed by atoms with Crippen LogP contribution in [0.2, 0.25) is 0 Å². The SMILES string of the molecule is CCCn1nc(C(=O)OC)cc1C1C(C#N)=C(N)OC2=C1C(=O)CC(C)(C)C2. The topological polar surface area (TPSA) is 120 Å². The van der Waals surface area contributed by atoms with E-state index in [0.717, 1.165) is 6.42 Å². The van der Waals surface area contributed by atoms with E-state index in [2.05, 4.69) is 11.2 Å². The van der Waals surface area contributed by atoms with Gasteiger partial charge in [-0.3, -0.25) is 9.48 Å². The number of ketones is 1. The van der Waals surface area contributed by atoms with Crippen molar-refractivity contribution >= 4 is 11.8 Å². The Morgan fingerprint density at radius 1 is 1.50 bits per heavy atom. The fraction of sp³-hybridized carbons (Fsp3) is 0.500. The highest BCUT2D eigenvalue weighted by Crippen LogP contribution is 2.47. The molecule has 1 atom stereocenters. The third-order valence-corrected chi connectivity index (χ3v) is 5.01. The summed E-state index contributed by atoms with van der Waals surface area (Å²) in [5.74, 6) is -0.897. The molecule has 0 radical (unpaired) electrons. The maximum atomic E-state index is 13.0. The van der Waals surface area contributed by atoms with Crippen LogP contribution in [0, 0.1) is 16.7 Å². The number of esters is 1. The van der Waals surface area contributed by atoms with Gasteiger partial charge in [-0.05, 0) is 17.9 Å². The average molecular weight is 384 g/mol. The van der Waals surface area contributed by atoms with Gasteiger partial charge in [0.2, 0.25) is 5.88 Å². The average Bonchev–Trinajstić information content (AvgIpc) is 3.02. The first-order valence-corrected chi connectivity index (χ1v) is 9.22. The lowest BCUT2D eigenvalue weighted by Crippen LogP contribution is -2.34. The van der Waals surface area contributed by atoms with E-state index in [0.29, 0.717) is 36.4 Å². The second-order valence-electron chi connectivity index (χ2n) is 7.87. The molecular weight excluding hydrogens is 360 g/mol. The second-order valence-corrected chi connectivity index (χ2v) is 7.87. The quantitative estimate of drug-likeness (QED) is 0.792. The monoisotopic (exact) mass is 384 g/mol. The minimum Gasteiger partial charge on any atom is -0.464 e. The predicted molar refractivity (Wildman–Crippen MR) is 99.6 cm³/mol. The number of hydrogen-bond acceptors (Lipinski definition) is 7. The first kappa shape index (κ1) is 19.7. The summed E-state index contributed by atoms with van der Waals surface area (Å²) < 4.78 is 12.1. The van der Waals surface area contributed by atoms with Crippen LogP contribution in [-0.2, 0) is 20.8 Å². The molecule has 8 nitrogen and oxygen atoms in total. The lowest BCUT2D eigenvalue weighted by molar-refractivity contribution is -0.119. The Morgan fingerprint density at radius 3 is 2.82 bits per heavy atom. The molecule has 1 aromatic heterocycles. The number of ether oxygens (including phenoxy) is 2. The molecule has 0 saturated carbocycles. The molecule has 148 valence electrons. The molecule has 0 spiro atoms. The lowest BCUT2D eigenvalue weighted by atomic mass is 9.71. The summed E-state index contributed by atoms with van der Waals surface area (Å²) in [5, 5.41) is 14.1. The molecule has 0 saturated heterocycles. The Balaban J connectivity index is 2.22. The number of hydrogen-bond donors (Lipinski definition) is 1. The van der Waals surface area contributed by atoms with Crippen LogP contribution in [0.15, 0.2) is 28.9 Å². The van der Waals surface area contributed by atoms with E-state index >= 15 is 0 Å². The fourth-order valence-electron chi connectivity index (χ4n) is 3.84. The molecule has 1 aliphatic heterocycles. The molecule has 3 rings (SSSR count). The zero-order valence-corrected chi connectivity index (χ0v) is 16.5. The molecule has 2 heterocycles. The predicted octanol–water partition coefficient (Wildman–Crippen LogP) is 2.53. The molecular formula is C20H24N4O4. The molecule has 1 aliphatic carbocycles. The molecule has 2 N–H and O–H groups in total. The summed E-state index contributed by atoms with van der Waals surface area (Å²) in [6.07, 6.45) is 1.64. The number of allylic oxidation sites excluding steroid dienone is 3. The first-order valence-electron chi connectivity index (χ1n) is 9.22. The standard InChI is InChI=1S/C20H24N4O4/c1-5-6-24-13(7-12(23-24)19(26)27-4)16-11(10-21)18(22)28-15-9-20(2,3)8-14(25)17(15)16/h7,16H,5-6,8-9,22H2,1-4H3. The zero-order valence-electron chi connectivity index (χ0n) is 16.5. The van der Waals surface area contributed by atoms with Crippen molar-refractivity contribution < 1.29 is 19.1 Å². The minimum atomic E-state index is -0.713. The summed E-state index contributed by atoms with van der Waals surface area (Å²) in [4.78, 5) is 25.0. The van der Waals surface area contributed by atoms with Gasteiger partial charge in [-0.15, -0.1) is 0 Å². The van der Waals surface area contributed by atoms with Gasteiger partial charge in [0, 0.05) is 25.0 Å². The maximum Gasteiger partial charge on any atom is 0.358 e. The first-order chi connectivity index (χ1) is 13.2. The van der Waals surface area contributed by atoms with Crippen LogP contribution in [0.5, 0.6) is 0 Å². The van der Waals surface area contributed by atoms with Crippen LogP contribution >= 0.6 is 0 Å². The highest BCUT2D eigenvalue weighted by atomic mass is 16.5. The van der Waals surface area contributed by atoms with Gasteiger partial charge < -0.3 is 15.2 Å². The molecule has 0 fully saturated rings. The van der Waals surface area contributed by atoms with Crippen molar-refractivity contribution in [2.24, 2.45) is 11.1 Å². The number of carbonyl (C=O) groups excluding carboxylic acids is 2. The summed E-state index contributed by atoms with van der Waals surface area (Å²) in [6, 6.07) is 3.65. The Bertz CT molecular complexity index is 946. The number of nitriles is 1. The van der Waals surface area contributed by atoms with E-state index in [1.54, 1.807) is 10.7 Å². The van der Waals surface area contributed by atoms with E-state index in [-0.39, 0.29) is 28.3 Å². The van der Waals surface area contributed by atoms with Crippen LogP contribution < -0.4 is 5.73 Å². The van der Waals surface area contributed by atoms with Crippen LogP contribution in [0.4, 0.5) is 0 Å². The number of methoxy groups -OCH3 is 1. The zero-order chi connectivity index (χ0) is 20.6. The van der Waals surface area contributed by atoms with Crippen molar-refractivity contribution in [1.82, 2.24) is 9.78 Å². The van der Waals surface area contributed by atoms with E-state index in [9.17, 15) is 14.9 Å². The number of aromatic nitrogens is 2. The normalized spacial score (nSPS) is 21.1. The summed E-state index contributed by atoms with van der Waals surface area (Å²) in [7, 11) is 1.28. The van der Waals surface area contributed by atoms with E-state index in [4.69, 9.17) is 15.2 Å². The smallest absolute Gasteiger partial charge is 0.358 e. The number of Topliss-reactive ketones (excluding diaryl/α,β-unsaturated/α-hetero) is 1. The van der Waals surface area contributed by atoms with Gasteiger partial charge in [0.05, 0.1) is 18.7 Å². The van der Waals surface area contributed by atoms with Crippen LogP contribution in [0.3, 0.4) is 0 Å². The van der Waals surface area contributed by atoms with Gasteiger partial charge in [-0.25, -0.2) is 4.79 Å². The van der Waals surface area contributed by atoms with Gasteiger partial charge in [0.25, 0.3) is 0 Å². The minimum absolute atomic E-state index is 0.0133. The van der Waals surface area contributed by atoms with Crippen LogP contribution in [0.1, 0.15) is 62.1 Å². The number of rotatable bonds is 4. The molecule has 8 heteroatoms. The molecule has 28 heavy (non-hydrogen) atoms. The Labute approximate surface area is 163 Å². The van der Waals surface area contributed by atoms with Gasteiger partial charge >= 0.3 is 5.97 Å². The Morgan fingerprint density at radius 2 is 2.21 bits per heavy atom. The van der Waals surface area contributed by atoms with Crippen molar-refractivity contribution in [2.75, 3.05) is 7.11 Å². The second kappa shape index (κ2) is 7.15. The molecule has 1 aromatic rings. The van der Waals surface area contributed by atoms with Gasteiger partial charge in [-0.2, -0.15) is 10.4 Å². The number of nitrogens with zero attached hydrogens (tertiary/aromatic N) is 3. The molecule has 2 aliphatic rings. The fourth-order valence-corrected chi connectivity index (χ4v) is 3.84. The van der Waals surface area contributed by atoms with E-state index in [1.165, 1.54) is 7.11 Å². The highest BCUT2D eigenvalue weighted by molar-refractivity contribution is 6.00. The Kier molecular flexibility index (Phi) is 5.02. The molecule has 1 unspecified atom stereocenters. The van der Waals surface area contributed by atoms with Crippen LogP contribution in [-0.4, -0.2) is 28.6 Å². The molecule has 0 bridgehead atoms. The van der Waals surface area contributed by atoms with Crippen molar-refractivity contribution in [2.45, 2.75) is 52.5 Å². The van der Waals surface area contributed by atoms with Crippen molar-refractivity contribution in [1.29, 1.82) is 5.26 Å². The highest BCUT2D eigenvalue weighted by Gasteiger charge is 2.44. The maximum absolute atomic E-state index is 13.0. The van der Waals surface area contributed by atoms with Crippen molar-refractivity contribution in [3.63, 3.8) is 0 Å². The third-order valence-electron chi connectivity index (χ3n) is 5.01. The number of carbonyl (C=O) groups is 2. The molecule has 0 aromatic carbocycles. The largest absolute Gasteiger partial charge is 0.464 e. The summed E-state index contributed by atoms with van der Waals surface area (Å²) >= 11 is 0.